The lowest BCUT2D eigenvalue weighted by Crippen LogP contribution is -2.54. The number of benzene rings is 2. The van der Waals surface area contributed by atoms with E-state index in [0.29, 0.717) is 31.0 Å². The molecule has 1 aliphatic rings. The molecule has 0 unspecified atom stereocenters. The maximum absolute atomic E-state index is 15.1. The molecule has 1 fully saturated rings. The number of carbonyl (C=O) groups is 1. The monoisotopic (exact) mass is 468 g/mol. The summed E-state index contributed by atoms with van der Waals surface area (Å²) < 4.78 is 25.5. The number of halogens is 1. The summed E-state index contributed by atoms with van der Waals surface area (Å²) in [5.74, 6) is -0.0636. The van der Waals surface area contributed by atoms with Crippen molar-refractivity contribution >= 4 is 28.6 Å². The van der Waals surface area contributed by atoms with Crippen molar-refractivity contribution in [3.63, 3.8) is 0 Å². The first-order valence-corrected chi connectivity index (χ1v) is 11.1. The van der Waals surface area contributed by atoms with Crippen molar-refractivity contribution in [2.24, 2.45) is 5.73 Å². The van der Waals surface area contributed by atoms with Crippen molar-refractivity contribution in [2.45, 2.75) is 25.4 Å². The Balaban J connectivity index is 1.52. The minimum atomic E-state index is -0.663. The van der Waals surface area contributed by atoms with Crippen LogP contribution in [0.2, 0.25) is 0 Å². The lowest BCUT2D eigenvalue weighted by atomic mass is 10.0. The number of nitrogens with two attached hydrogens (primary N) is 2. The predicted octanol–water partition coefficient (Wildman–Crippen LogP) is 2.50. The Labute approximate surface area is 197 Å². The van der Waals surface area contributed by atoms with Gasteiger partial charge < -0.3 is 30.7 Å². The maximum Gasteiger partial charge on any atom is 0.228 e. The molecule has 2 aromatic carbocycles. The number of ether oxygens (including phenoxy) is 2. The topological polar surface area (TPSA) is 120 Å². The molecule has 9 nitrogen and oxygen atoms in total. The highest BCUT2D eigenvalue weighted by Crippen LogP contribution is 2.37. The van der Waals surface area contributed by atoms with Crippen LogP contribution in [0.4, 0.5) is 16.2 Å². The highest BCUT2D eigenvalue weighted by molar-refractivity contribution is 5.92. The standard InChI is InChI=1S/C24H29FN6O3/c1-14-13-30(19(32)12-17(26)15-7-5-4-6-8-15)9-10-31(14)24-28-21-16(23(27)29-24)11-18(33-2)22(34-3)20(21)25/h4-8,11,14,17H,9-10,12-13,26H2,1-3H3,(H2,27,28,29)/t14-,17+/m0/s1. The number of methoxy groups -OCH3 is 2. The van der Waals surface area contributed by atoms with Gasteiger partial charge in [-0.15, -0.1) is 0 Å². The summed E-state index contributed by atoms with van der Waals surface area (Å²) in [4.78, 5) is 25.5. The van der Waals surface area contributed by atoms with Crippen LogP contribution in [0.15, 0.2) is 36.4 Å². The van der Waals surface area contributed by atoms with Crippen LogP contribution in [-0.4, -0.2) is 60.7 Å². The number of fused-ring (bicyclic) bond motifs is 1. The summed E-state index contributed by atoms with van der Waals surface area (Å²) in [7, 11) is 2.78. The highest BCUT2D eigenvalue weighted by Gasteiger charge is 2.30. The van der Waals surface area contributed by atoms with Gasteiger partial charge in [-0.1, -0.05) is 30.3 Å². The van der Waals surface area contributed by atoms with Crippen LogP contribution in [0, 0.1) is 5.82 Å². The number of carbonyl (C=O) groups excluding carboxylic acids is 1. The zero-order chi connectivity index (χ0) is 24.4. The van der Waals surface area contributed by atoms with E-state index >= 15 is 4.39 Å². The average molecular weight is 469 g/mol. The zero-order valence-corrected chi connectivity index (χ0v) is 19.5. The molecule has 0 radical (unpaired) electrons. The molecule has 0 spiro atoms. The molecule has 0 aliphatic carbocycles. The zero-order valence-electron chi connectivity index (χ0n) is 19.5. The smallest absolute Gasteiger partial charge is 0.228 e. The molecule has 2 heterocycles. The minimum Gasteiger partial charge on any atom is -0.493 e. The number of amides is 1. The molecule has 2 atom stereocenters. The summed E-state index contributed by atoms with van der Waals surface area (Å²) in [5, 5.41) is 0.343. The van der Waals surface area contributed by atoms with Gasteiger partial charge in [-0.25, -0.2) is 9.37 Å². The normalized spacial score (nSPS) is 17.0. The summed E-state index contributed by atoms with van der Waals surface area (Å²) >= 11 is 0. The first kappa shape index (κ1) is 23.5. The fourth-order valence-electron chi connectivity index (χ4n) is 4.28. The molecule has 34 heavy (non-hydrogen) atoms. The Morgan fingerprint density at radius 2 is 1.94 bits per heavy atom. The van der Waals surface area contributed by atoms with Crippen LogP contribution in [0.1, 0.15) is 24.9 Å². The van der Waals surface area contributed by atoms with Gasteiger partial charge in [0.2, 0.25) is 11.9 Å². The van der Waals surface area contributed by atoms with Crippen molar-refractivity contribution in [1.29, 1.82) is 0 Å². The molecular formula is C24H29FN6O3. The largest absolute Gasteiger partial charge is 0.493 e. The van der Waals surface area contributed by atoms with E-state index in [9.17, 15) is 4.79 Å². The van der Waals surface area contributed by atoms with E-state index in [4.69, 9.17) is 20.9 Å². The lowest BCUT2D eigenvalue weighted by Gasteiger charge is -2.40. The molecule has 10 heteroatoms. The Kier molecular flexibility index (Phi) is 6.69. The Morgan fingerprint density at radius 3 is 2.59 bits per heavy atom. The van der Waals surface area contributed by atoms with Crippen LogP contribution in [0.3, 0.4) is 0 Å². The number of rotatable bonds is 6. The number of anilines is 2. The summed E-state index contributed by atoms with van der Waals surface area (Å²) in [6.07, 6.45) is 0.225. The van der Waals surface area contributed by atoms with E-state index in [2.05, 4.69) is 9.97 Å². The van der Waals surface area contributed by atoms with Gasteiger partial charge in [0.25, 0.3) is 0 Å². The molecule has 4 rings (SSSR count). The fraction of sp³-hybridized carbons (Fsp3) is 0.375. The van der Waals surface area contributed by atoms with Crippen LogP contribution < -0.4 is 25.8 Å². The Morgan fingerprint density at radius 1 is 1.21 bits per heavy atom. The molecule has 180 valence electrons. The van der Waals surface area contributed by atoms with Gasteiger partial charge in [0.15, 0.2) is 17.3 Å². The molecule has 1 amide bonds. The van der Waals surface area contributed by atoms with Gasteiger partial charge in [0.1, 0.15) is 11.3 Å². The first-order chi connectivity index (χ1) is 16.3. The van der Waals surface area contributed by atoms with E-state index in [0.717, 1.165) is 5.56 Å². The lowest BCUT2D eigenvalue weighted by molar-refractivity contribution is -0.132. The van der Waals surface area contributed by atoms with Crippen molar-refractivity contribution < 1.29 is 18.7 Å². The molecule has 3 aromatic rings. The minimum absolute atomic E-state index is 0.00956. The molecule has 1 saturated heterocycles. The van der Waals surface area contributed by atoms with Crippen molar-refractivity contribution in [3.8, 4) is 11.5 Å². The molecule has 1 aliphatic heterocycles. The number of nitrogen functional groups attached to an aromatic ring is 1. The van der Waals surface area contributed by atoms with E-state index < -0.39 is 5.82 Å². The van der Waals surface area contributed by atoms with E-state index in [1.54, 1.807) is 11.0 Å². The predicted molar refractivity (Wildman–Crippen MR) is 128 cm³/mol. The number of hydrogen-bond donors (Lipinski definition) is 2. The van der Waals surface area contributed by atoms with Crippen molar-refractivity contribution in [1.82, 2.24) is 14.9 Å². The average Bonchev–Trinajstić information content (AvgIpc) is 2.84. The van der Waals surface area contributed by atoms with Gasteiger partial charge in [0, 0.05) is 43.5 Å². The SMILES string of the molecule is COc1cc2c(N)nc(N3CCN(C(=O)C[C@@H](N)c4ccccc4)C[C@@H]3C)nc2c(F)c1OC. The second-order valence-electron chi connectivity index (χ2n) is 8.33. The highest BCUT2D eigenvalue weighted by atomic mass is 19.1. The van der Waals surface area contributed by atoms with E-state index in [1.165, 1.54) is 14.2 Å². The van der Waals surface area contributed by atoms with Crippen LogP contribution in [-0.2, 0) is 4.79 Å². The maximum atomic E-state index is 15.1. The third-order valence-corrected chi connectivity index (χ3v) is 6.15. The number of nitrogens with zero attached hydrogens (tertiary/aromatic N) is 4. The Bertz CT molecular complexity index is 1190. The second kappa shape index (κ2) is 9.68. The Hall–Kier alpha value is -3.66. The molecule has 4 N–H and O–H groups in total. The summed E-state index contributed by atoms with van der Waals surface area (Å²) in [6, 6.07) is 10.7. The number of aromatic nitrogens is 2. The molecule has 1 aromatic heterocycles. The number of hydrogen-bond acceptors (Lipinski definition) is 8. The third-order valence-electron chi connectivity index (χ3n) is 6.15. The van der Waals surface area contributed by atoms with Crippen molar-refractivity contribution in [3.05, 3.63) is 47.8 Å². The van der Waals surface area contributed by atoms with Crippen molar-refractivity contribution in [2.75, 3.05) is 44.5 Å². The van der Waals surface area contributed by atoms with Crippen LogP contribution in [0.5, 0.6) is 11.5 Å². The molecular weight excluding hydrogens is 439 g/mol. The van der Waals surface area contributed by atoms with Gasteiger partial charge in [0.05, 0.1) is 14.2 Å². The van der Waals surface area contributed by atoms with E-state index in [-0.39, 0.29) is 47.2 Å². The second-order valence-corrected chi connectivity index (χ2v) is 8.33. The summed E-state index contributed by atoms with van der Waals surface area (Å²) in [6.45, 7) is 3.38. The molecule has 0 saturated carbocycles. The van der Waals surface area contributed by atoms with E-state index in [1.807, 2.05) is 42.2 Å². The fourth-order valence-corrected chi connectivity index (χ4v) is 4.28. The van der Waals surface area contributed by atoms with Crippen LogP contribution >= 0.6 is 0 Å². The number of piperazine rings is 1. The van der Waals surface area contributed by atoms with Gasteiger partial charge in [-0.2, -0.15) is 4.98 Å². The van der Waals surface area contributed by atoms with Gasteiger partial charge in [-0.3, -0.25) is 4.79 Å². The quantitative estimate of drug-likeness (QED) is 0.566. The van der Waals surface area contributed by atoms with Gasteiger partial charge >= 0.3 is 0 Å². The van der Waals surface area contributed by atoms with Gasteiger partial charge in [-0.05, 0) is 18.6 Å². The third kappa shape index (κ3) is 4.41. The summed E-state index contributed by atoms with van der Waals surface area (Å²) in [5.41, 5.74) is 13.4. The first-order valence-electron chi connectivity index (χ1n) is 11.1. The molecule has 0 bridgehead atoms. The van der Waals surface area contributed by atoms with Crippen LogP contribution in [0.25, 0.3) is 10.9 Å².